The van der Waals surface area contributed by atoms with Crippen LogP contribution in [0.15, 0.2) is 79.0 Å². The van der Waals surface area contributed by atoms with E-state index in [1.54, 1.807) is 18.7 Å². The lowest BCUT2D eigenvalue weighted by atomic mass is 10.1. The van der Waals surface area contributed by atoms with Crippen LogP contribution in [0.2, 0.25) is 0 Å². The summed E-state index contributed by atoms with van der Waals surface area (Å²) in [5.74, 6) is 0.910. The number of methoxy groups -OCH3 is 1. The van der Waals surface area contributed by atoms with E-state index in [0.29, 0.717) is 23.0 Å². The van der Waals surface area contributed by atoms with Gasteiger partial charge in [0.15, 0.2) is 5.69 Å². The molecule has 8 nitrogen and oxygen atoms in total. The Morgan fingerprint density at radius 1 is 1.00 bits per heavy atom. The smallest absolute Gasteiger partial charge is 0.279 e. The summed E-state index contributed by atoms with van der Waals surface area (Å²) < 4.78 is 8.75. The lowest BCUT2D eigenvalue weighted by Crippen LogP contribution is -2.16. The monoisotopic (exact) mass is 424 g/mol. The summed E-state index contributed by atoms with van der Waals surface area (Å²) >= 11 is 0. The van der Waals surface area contributed by atoms with Crippen molar-refractivity contribution in [1.29, 1.82) is 0 Å². The number of carbonyl (C=O) groups is 1. The molecule has 5 rings (SSSR count). The van der Waals surface area contributed by atoms with Crippen LogP contribution in [-0.2, 0) is 0 Å². The molecule has 0 spiro atoms. The zero-order chi connectivity index (χ0) is 22.1. The van der Waals surface area contributed by atoms with E-state index in [9.17, 15) is 4.79 Å². The highest BCUT2D eigenvalue weighted by Crippen LogP contribution is 2.29. The number of benzene rings is 2. The van der Waals surface area contributed by atoms with Gasteiger partial charge in [-0.05, 0) is 31.2 Å². The maximum absolute atomic E-state index is 13.2. The van der Waals surface area contributed by atoms with E-state index >= 15 is 0 Å². The maximum Gasteiger partial charge on any atom is 0.279 e. The summed E-state index contributed by atoms with van der Waals surface area (Å²) in [6.07, 6.45) is 1.87. The average molecular weight is 424 g/mol. The second-order valence-electron chi connectivity index (χ2n) is 7.19. The minimum absolute atomic E-state index is 0.234. The van der Waals surface area contributed by atoms with Crippen LogP contribution in [0.1, 0.15) is 16.2 Å². The first-order chi connectivity index (χ1) is 15.7. The van der Waals surface area contributed by atoms with Gasteiger partial charge in [-0.3, -0.25) is 9.20 Å². The highest BCUT2D eigenvalue weighted by atomic mass is 16.5. The van der Waals surface area contributed by atoms with E-state index in [1.165, 1.54) is 0 Å². The van der Waals surface area contributed by atoms with Crippen molar-refractivity contribution in [3.63, 3.8) is 0 Å². The van der Waals surface area contributed by atoms with Crippen molar-refractivity contribution in [3.05, 3.63) is 90.4 Å². The van der Waals surface area contributed by atoms with Gasteiger partial charge < -0.3 is 10.1 Å². The normalized spacial score (nSPS) is 10.9. The molecule has 3 heterocycles. The fraction of sp³-hybridized carbons (Fsp3) is 0.0833. The summed E-state index contributed by atoms with van der Waals surface area (Å²) in [7, 11) is 1.60. The van der Waals surface area contributed by atoms with Gasteiger partial charge in [-0.1, -0.05) is 47.7 Å². The summed E-state index contributed by atoms with van der Waals surface area (Å²) in [4.78, 5) is 18.0. The first-order valence-corrected chi connectivity index (χ1v) is 10.1. The van der Waals surface area contributed by atoms with E-state index < -0.39 is 0 Å². The number of pyridine rings is 1. The molecule has 158 valence electrons. The Bertz CT molecular complexity index is 1420. The second-order valence-corrected chi connectivity index (χ2v) is 7.19. The van der Waals surface area contributed by atoms with Gasteiger partial charge in [-0.15, -0.1) is 5.10 Å². The fourth-order valence-electron chi connectivity index (χ4n) is 3.61. The SMILES string of the molecule is COc1cccc(-n2nnc(C(=O)Nc3c(-c4ccccc4)nc4ccccn34)c2C)c1. The molecule has 0 saturated carbocycles. The molecule has 0 fully saturated rings. The third kappa shape index (κ3) is 3.37. The van der Waals surface area contributed by atoms with Crippen LogP contribution < -0.4 is 10.1 Å². The molecule has 0 aliphatic carbocycles. The van der Waals surface area contributed by atoms with Gasteiger partial charge in [-0.25, -0.2) is 9.67 Å². The Hall–Kier alpha value is -4.46. The number of nitrogens with zero attached hydrogens (tertiary/aromatic N) is 5. The zero-order valence-electron chi connectivity index (χ0n) is 17.6. The van der Waals surface area contributed by atoms with Crippen molar-refractivity contribution in [2.24, 2.45) is 0 Å². The Morgan fingerprint density at radius 3 is 2.62 bits per heavy atom. The summed E-state index contributed by atoms with van der Waals surface area (Å²) in [5.41, 5.74) is 3.93. The standard InChI is InChI=1S/C24H20N6O2/c1-16-21(27-28-30(16)18-11-8-12-19(15-18)32-2)24(31)26-23-22(17-9-4-3-5-10-17)25-20-13-6-7-14-29(20)23/h3-15H,1-2H3,(H,26,31). The van der Waals surface area contributed by atoms with Gasteiger partial charge in [0.2, 0.25) is 0 Å². The largest absolute Gasteiger partial charge is 0.497 e. The van der Waals surface area contributed by atoms with E-state index in [2.05, 4.69) is 15.6 Å². The molecule has 0 atom stereocenters. The predicted molar refractivity (Wildman–Crippen MR) is 121 cm³/mol. The van der Waals surface area contributed by atoms with Crippen LogP contribution in [0.25, 0.3) is 22.6 Å². The highest BCUT2D eigenvalue weighted by molar-refractivity contribution is 6.05. The first kappa shape index (κ1) is 19.5. The molecule has 0 aliphatic rings. The first-order valence-electron chi connectivity index (χ1n) is 10.1. The van der Waals surface area contributed by atoms with Gasteiger partial charge in [-0.2, -0.15) is 0 Å². The number of ether oxygens (including phenoxy) is 1. The van der Waals surface area contributed by atoms with Crippen LogP contribution >= 0.6 is 0 Å². The molecule has 0 bridgehead atoms. The second kappa shape index (κ2) is 7.99. The van der Waals surface area contributed by atoms with E-state index in [1.807, 2.05) is 83.4 Å². The number of amides is 1. The molecule has 3 aromatic heterocycles. The third-order valence-corrected chi connectivity index (χ3v) is 5.22. The van der Waals surface area contributed by atoms with Crippen LogP contribution in [0.3, 0.4) is 0 Å². The van der Waals surface area contributed by atoms with Crippen molar-refractivity contribution in [1.82, 2.24) is 24.4 Å². The Labute approximate surface area is 184 Å². The Kier molecular flexibility index (Phi) is 4.87. The van der Waals surface area contributed by atoms with Gasteiger partial charge >= 0.3 is 0 Å². The molecule has 0 saturated heterocycles. The van der Waals surface area contributed by atoms with Gasteiger partial charge in [0.25, 0.3) is 5.91 Å². The molecule has 0 radical (unpaired) electrons. The van der Waals surface area contributed by atoms with Gasteiger partial charge in [0.1, 0.15) is 22.9 Å². The number of hydrogen-bond acceptors (Lipinski definition) is 5. The lowest BCUT2D eigenvalue weighted by Gasteiger charge is -2.08. The minimum atomic E-state index is -0.362. The molecule has 1 N–H and O–H groups in total. The number of fused-ring (bicyclic) bond motifs is 1. The number of rotatable bonds is 5. The third-order valence-electron chi connectivity index (χ3n) is 5.22. The summed E-state index contributed by atoms with van der Waals surface area (Å²) in [6.45, 7) is 1.81. The number of hydrogen-bond donors (Lipinski definition) is 1. The van der Waals surface area contributed by atoms with Gasteiger partial charge in [0, 0.05) is 17.8 Å². The molecule has 0 aliphatic heterocycles. The van der Waals surface area contributed by atoms with Crippen molar-refractivity contribution >= 4 is 17.4 Å². The van der Waals surface area contributed by atoms with Crippen LogP contribution in [0.4, 0.5) is 5.82 Å². The van der Waals surface area contributed by atoms with Crippen molar-refractivity contribution < 1.29 is 9.53 Å². The number of nitrogens with one attached hydrogen (secondary N) is 1. The Balaban J connectivity index is 1.53. The average Bonchev–Trinajstić information content (AvgIpc) is 3.40. The zero-order valence-corrected chi connectivity index (χ0v) is 17.6. The summed E-state index contributed by atoms with van der Waals surface area (Å²) in [6, 6.07) is 22.9. The Morgan fingerprint density at radius 2 is 1.81 bits per heavy atom. The topological polar surface area (TPSA) is 86.3 Å². The number of imidazole rings is 1. The fourth-order valence-corrected chi connectivity index (χ4v) is 3.61. The summed E-state index contributed by atoms with van der Waals surface area (Å²) in [5, 5.41) is 11.3. The van der Waals surface area contributed by atoms with E-state index in [4.69, 9.17) is 9.72 Å². The molecular formula is C24H20N6O2. The van der Waals surface area contributed by atoms with Crippen molar-refractivity contribution in [2.45, 2.75) is 6.92 Å². The van der Waals surface area contributed by atoms with Gasteiger partial charge in [0.05, 0.1) is 18.5 Å². The van der Waals surface area contributed by atoms with E-state index in [-0.39, 0.29) is 11.6 Å². The molecule has 8 heteroatoms. The van der Waals surface area contributed by atoms with Crippen molar-refractivity contribution in [3.8, 4) is 22.7 Å². The molecule has 5 aromatic rings. The number of carbonyl (C=O) groups excluding carboxylic acids is 1. The quantitative estimate of drug-likeness (QED) is 0.458. The maximum atomic E-state index is 13.2. The minimum Gasteiger partial charge on any atom is -0.497 e. The number of anilines is 1. The molecular weight excluding hydrogens is 404 g/mol. The van der Waals surface area contributed by atoms with Crippen molar-refractivity contribution in [2.75, 3.05) is 12.4 Å². The molecule has 2 aromatic carbocycles. The predicted octanol–water partition coefficient (Wildman–Crippen LogP) is 4.15. The molecule has 0 unspecified atom stereocenters. The lowest BCUT2D eigenvalue weighted by molar-refractivity contribution is 0.102. The van der Waals surface area contributed by atoms with Crippen LogP contribution in [-0.4, -0.2) is 37.4 Å². The molecule has 32 heavy (non-hydrogen) atoms. The van der Waals surface area contributed by atoms with Crippen LogP contribution in [0, 0.1) is 6.92 Å². The van der Waals surface area contributed by atoms with Crippen LogP contribution in [0.5, 0.6) is 5.75 Å². The molecule has 1 amide bonds. The highest BCUT2D eigenvalue weighted by Gasteiger charge is 2.22. The number of aromatic nitrogens is 5. The van der Waals surface area contributed by atoms with E-state index in [0.717, 1.165) is 16.9 Å².